The Labute approximate surface area is 143 Å². The highest BCUT2D eigenvalue weighted by molar-refractivity contribution is 5.67. The van der Waals surface area contributed by atoms with Crippen LogP contribution in [0.3, 0.4) is 0 Å². The van der Waals surface area contributed by atoms with Gasteiger partial charge in [-0.15, -0.1) is 0 Å². The summed E-state index contributed by atoms with van der Waals surface area (Å²) in [6, 6.07) is 0. The number of epoxide rings is 1. The van der Waals surface area contributed by atoms with E-state index in [9.17, 15) is 9.59 Å². The van der Waals surface area contributed by atoms with Crippen molar-refractivity contribution in [1.82, 2.24) is 0 Å². The van der Waals surface area contributed by atoms with E-state index in [1.165, 1.54) is 19.4 Å². The summed E-state index contributed by atoms with van der Waals surface area (Å²) >= 11 is 0. The quantitative estimate of drug-likeness (QED) is 0.440. The second-order valence-electron chi connectivity index (χ2n) is 7.89. The predicted molar refractivity (Wildman–Crippen MR) is 88.2 cm³/mol. The van der Waals surface area contributed by atoms with Crippen molar-refractivity contribution in [3.05, 3.63) is 11.6 Å². The zero-order chi connectivity index (χ0) is 17.7. The molecule has 0 amide bonds. The van der Waals surface area contributed by atoms with Gasteiger partial charge in [0.2, 0.25) is 0 Å². The summed E-state index contributed by atoms with van der Waals surface area (Å²) in [5.74, 6) is -0.217. The molecular formula is C19H28O5. The summed E-state index contributed by atoms with van der Waals surface area (Å²) in [4.78, 5) is 23.2. The summed E-state index contributed by atoms with van der Waals surface area (Å²) in [6.45, 7) is 9.32. The van der Waals surface area contributed by atoms with Crippen molar-refractivity contribution >= 4 is 11.9 Å². The molecule has 1 aliphatic heterocycles. The number of hydrogen-bond acceptors (Lipinski definition) is 5. The van der Waals surface area contributed by atoms with E-state index in [1.807, 2.05) is 6.92 Å². The molecule has 1 heterocycles. The number of rotatable bonds is 2. The fourth-order valence-electron chi connectivity index (χ4n) is 4.82. The van der Waals surface area contributed by atoms with Gasteiger partial charge in [0.1, 0.15) is 17.8 Å². The van der Waals surface area contributed by atoms with Gasteiger partial charge in [-0.3, -0.25) is 9.59 Å². The molecule has 0 aromatic carbocycles. The minimum atomic E-state index is -0.606. The Balaban J connectivity index is 1.98. The number of hydrogen-bond donors (Lipinski definition) is 0. The zero-order valence-corrected chi connectivity index (χ0v) is 15.3. The summed E-state index contributed by atoms with van der Waals surface area (Å²) in [7, 11) is 0. The van der Waals surface area contributed by atoms with Crippen molar-refractivity contribution in [2.24, 2.45) is 11.3 Å². The number of carbonyl (C=O) groups is 2. The Kier molecular flexibility index (Phi) is 4.27. The van der Waals surface area contributed by atoms with E-state index in [1.54, 1.807) is 0 Å². The van der Waals surface area contributed by atoms with E-state index in [2.05, 4.69) is 19.9 Å². The van der Waals surface area contributed by atoms with Crippen LogP contribution < -0.4 is 0 Å². The van der Waals surface area contributed by atoms with Crippen molar-refractivity contribution in [3.63, 3.8) is 0 Å². The molecule has 5 heteroatoms. The number of esters is 2. The van der Waals surface area contributed by atoms with E-state index in [-0.39, 0.29) is 23.5 Å². The molecule has 1 saturated heterocycles. The maximum Gasteiger partial charge on any atom is 0.303 e. The first kappa shape index (κ1) is 17.5. The van der Waals surface area contributed by atoms with Crippen LogP contribution in [0.5, 0.6) is 0 Å². The molecule has 0 spiro atoms. The largest absolute Gasteiger partial charge is 0.458 e. The van der Waals surface area contributed by atoms with Crippen LogP contribution in [0.2, 0.25) is 0 Å². The van der Waals surface area contributed by atoms with Crippen LogP contribution in [-0.4, -0.2) is 35.9 Å². The number of ether oxygens (including phenoxy) is 3. The highest BCUT2D eigenvalue weighted by Gasteiger charge is 2.70. The van der Waals surface area contributed by atoms with Crippen LogP contribution in [0, 0.1) is 11.3 Å². The average molecular weight is 336 g/mol. The molecule has 1 saturated carbocycles. The Bertz CT molecular complexity index is 582. The molecule has 134 valence electrons. The zero-order valence-electron chi connectivity index (χ0n) is 15.3. The standard InChI is InChI=1S/C19H28O5/c1-11-7-6-8-14-9-10-15(22-12(2)20)16(23-13(3)21)19(5)17(24-19)18(11,14)4/h8,11,15-17H,6-7,9-10H2,1-5H3. The minimum Gasteiger partial charge on any atom is -0.458 e. The summed E-state index contributed by atoms with van der Waals surface area (Å²) < 4.78 is 17.3. The van der Waals surface area contributed by atoms with Crippen molar-refractivity contribution in [2.75, 3.05) is 0 Å². The van der Waals surface area contributed by atoms with Crippen LogP contribution >= 0.6 is 0 Å². The molecule has 0 N–H and O–H groups in total. The Morgan fingerprint density at radius 1 is 1.17 bits per heavy atom. The third-order valence-corrected chi connectivity index (χ3v) is 6.30. The van der Waals surface area contributed by atoms with Crippen molar-refractivity contribution in [1.29, 1.82) is 0 Å². The van der Waals surface area contributed by atoms with Crippen LogP contribution in [0.4, 0.5) is 0 Å². The average Bonchev–Trinajstić information content (AvgIpc) is 3.17. The molecule has 2 fully saturated rings. The lowest BCUT2D eigenvalue weighted by Crippen LogP contribution is -2.50. The van der Waals surface area contributed by atoms with Gasteiger partial charge < -0.3 is 14.2 Å². The highest BCUT2D eigenvalue weighted by atomic mass is 16.7. The monoisotopic (exact) mass is 336 g/mol. The fourth-order valence-corrected chi connectivity index (χ4v) is 4.82. The Morgan fingerprint density at radius 3 is 2.46 bits per heavy atom. The van der Waals surface area contributed by atoms with Gasteiger partial charge in [-0.2, -0.15) is 0 Å². The van der Waals surface area contributed by atoms with Crippen molar-refractivity contribution < 1.29 is 23.8 Å². The smallest absolute Gasteiger partial charge is 0.303 e. The molecule has 6 unspecified atom stereocenters. The van der Waals surface area contributed by atoms with Crippen LogP contribution in [0.1, 0.15) is 60.3 Å². The number of fused-ring (bicyclic) bond motifs is 3. The van der Waals surface area contributed by atoms with Crippen molar-refractivity contribution in [3.8, 4) is 0 Å². The van der Waals surface area contributed by atoms with Gasteiger partial charge in [-0.25, -0.2) is 0 Å². The molecule has 0 aromatic heterocycles. The summed E-state index contributed by atoms with van der Waals surface area (Å²) in [5.41, 5.74) is 0.742. The van der Waals surface area contributed by atoms with Crippen molar-refractivity contribution in [2.45, 2.75) is 84.2 Å². The normalized spacial score (nSPS) is 44.1. The minimum absolute atomic E-state index is 0.0192. The van der Waals surface area contributed by atoms with Gasteiger partial charge in [-0.05, 0) is 38.5 Å². The molecule has 6 atom stereocenters. The van der Waals surface area contributed by atoms with Crippen LogP contribution in [0.25, 0.3) is 0 Å². The maximum absolute atomic E-state index is 11.6. The highest BCUT2D eigenvalue weighted by Crippen LogP contribution is 2.61. The molecule has 3 aliphatic rings. The van der Waals surface area contributed by atoms with E-state index < -0.39 is 17.8 Å². The first-order chi connectivity index (χ1) is 11.2. The lowest BCUT2D eigenvalue weighted by molar-refractivity contribution is -0.171. The van der Waals surface area contributed by atoms with Gasteiger partial charge in [0.25, 0.3) is 0 Å². The molecule has 24 heavy (non-hydrogen) atoms. The second-order valence-corrected chi connectivity index (χ2v) is 7.89. The van der Waals surface area contributed by atoms with Gasteiger partial charge in [0, 0.05) is 19.3 Å². The van der Waals surface area contributed by atoms with Gasteiger partial charge in [-0.1, -0.05) is 25.5 Å². The lowest BCUT2D eigenvalue weighted by Gasteiger charge is -2.44. The second kappa shape index (κ2) is 5.87. The molecule has 2 aliphatic carbocycles. The summed E-state index contributed by atoms with van der Waals surface area (Å²) in [5, 5.41) is 0. The number of carbonyl (C=O) groups excluding carboxylic acids is 2. The predicted octanol–water partition coefficient (Wildman–Crippen LogP) is 3.16. The third-order valence-electron chi connectivity index (χ3n) is 6.30. The SMILES string of the molecule is CC(=O)OC1CCC2=CCCC(C)C2(C)C2OC2(C)C1OC(C)=O. The molecule has 0 aromatic rings. The number of allylic oxidation sites excluding steroid dienone is 1. The third kappa shape index (κ3) is 2.67. The Hall–Kier alpha value is -1.36. The summed E-state index contributed by atoms with van der Waals surface area (Å²) in [6.07, 6.45) is 5.00. The van der Waals surface area contributed by atoms with Crippen LogP contribution in [0.15, 0.2) is 11.6 Å². The van der Waals surface area contributed by atoms with E-state index in [4.69, 9.17) is 14.2 Å². The van der Waals surface area contributed by atoms with Gasteiger partial charge in [0.15, 0.2) is 6.10 Å². The molecular weight excluding hydrogens is 308 g/mol. The van der Waals surface area contributed by atoms with Gasteiger partial charge >= 0.3 is 11.9 Å². The Morgan fingerprint density at radius 2 is 1.83 bits per heavy atom. The first-order valence-corrected chi connectivity index (χ1v) is 8.91. The fraction of sp³-hybridized carbons (Fsp3) is 0.789. The molecule has 5 nitrogen and oxygen atoms in total. The topological polar surface area (TPSA) is 65.1 Å². The molecule has 0 radical (unpaired) electrons. The van der Waals surface area contributed by atoms with Gasteiger partial charge in [0.05, 0.1) is 0 Å². The first-order valence-electron chi connectivity index (χ1n) is 8.91. The van der Waals surface area contributed by atoms with Crippen LogP contribution in [-0.2, 0) is 23.8 Å². The maximum atomic E-state index is 11.6. The lowest BCUT2D eigenvalue weighted by atomic mass is 9.60. The van der Waals surface area contributed by atoms with E-state index in [0.717, 1.165) is 19.3 Å². The van der Waals surface area contributed by atoms with E-state index in [0.29, 0.717) is 12.3 Å². The molecule has 0 bridgehead atoms. The van der Waals surface area contributed by atoms with E-state index >= 15 is 0 Å². The molecule has 3 rings (SSSR count).